The molecule has 0 aromatic heterocycles. The van der Waals surface area contributed by atoms with E-state index in [1.807, 2.05) is 13.8 Å². The van der Waals surface area contributed by atoms with Crippen LogP contribution < -0.4 is 0 Å². The molecule has 0 aliphatic carbocycles. The Morgan fingerprint density at radius 2 is 2.10 bits per heavy atom. The molecule has 2 rings (SSSR count). The van der Waals surface area contributed by atoms with E-state index in [9.17, 15) is 14.7 Å². The smallest absolute Gasteiger partial charge is 0.309 e. The van der Waals surface area contributed by atoms with Gasteiger partial charge in [0.05, 0.1) is 22.0 Å². The van der Waals surface area contributed by atoms with Crippen molar-refractivity contribution in [2.45, 2.75) is 26.3 Å². The molecule has 114 valence electrons. The van der Waals surface area contributed by atoms with Crippen molar-refractivity contribution in [1.29, 1.82) is 0 Å². The lowest BCUT2D eigenvalue weighted by Crippen LogP contribution is -2.33. The van der Waals surface area contributed by atoms with E-state index in [0.29, 0.717) is 22.2 Å². The second-order valence-corrected chi connectivity index (χ2v) is 6.46. The Morgan fingerprint density at radius 1 is 1.43 bits per heavy atom. The lowest BCUT2D eigenvalue weighted by Gasteiger charge is -2.29. The Morgan fingerprint density at radius 3 is 2.67 bits per heavy atom. The van der Waals surface area contributed by atoms with Crippen molar-refractivity contribution < 1.29 is 14.7 Å². The van der Waals surface area contributed by atoms with Gasteiger partial charge in [-0.1, -0.05) is 49.2 Å². The molecule has 1 aromatic carbocycles. The number of halogens is 2. The minimum Gasteiger partial charge on any atom is -0.481 e. The molecule has 4 nitrogen and oxygen atoms in total. The normalized spacial score (nSPS) is 22.1. The molecular weight excluding hydrogens is 313 g/mol. The van der Waals surface area contributed by atoms with Gasteiger partial charge in [0.2, 0.25) is 5.91 Å². The number of hydrogen-bond acceptors (Lipinski definition) is 2. The van der Waals surface area contributed by atoms with Gasteiger partial charge in [0.15, 0.2) is 0 Å². The van der Waals surface area contributed by atoms with Gasteiger partial charge in [-0.2, -0.15) is 0 Å². The zero-order valence-corrected chi connectivity index (χ0v) is 13.4. The van der Waals surface area contributed by atoms with E-state index in [0.717, 1.165) is 0 Å². The first-order chi connectivity index (χ1) is 9.82. The number of hydrogen-bond donors (Lipinski definition) is 1. The highest BCUT2D eigenvalue weighted by Crippen LogP contribution is 2.43. The number of rotatable bonds is 4. The van der Waals surface area contributed by atoms with Crippen LogP contribution in [-0.2, 0) is 9.59 Å². The number of aliphatic carboxylic acids is 1. The molecule has 1 amide bonds. The number of amides is 1. The molecule has 1 aliphatic heterocycles. The fourth-order valence-electron chi connectivity index (χ4n) is 2.75. The first kappa shape index (κ1) is 16.1. The summed E-state index contributed by atoms with van der Waals surface area (Å²) in [7, 11) is 0. The number of carboxylic acid groups (broad SMARTS) is 1. The van der Waals surface area contributed by atoms with Crippen molar-refractivity contribution in [2.24, 2.45) is 11.8 Å². The summed E-state index contributed by atoms with van der Waals surface area (Å²) in [5.74, 6) is -1.71. The van der Waals surface area contributed by atoms with Crippen LogP contribution in [0.5, 0.6) is 0 Å². The fourth-order valence-corrected chi connectivity index (χ4v) is 3.17. The summed E-state index contributed by atoms with van der Waals surface area (Å²) < 4.78 is 0. The van der Waals surface area contributed by atoms with Gasteiger partial charge in [0.1, 0.15) is 0 Å². The third kappa shape index (κ3) is 3.16. The molecule has 1 saturated heterocycles. The van der Waals surface area contributed by atoms with Gasteiger partial charge in [-0.3, -0.25) is 9.59 Å². The topological polar surface area (TPSA) is 57.6 Å². The highest BCUT2D eigenvalue weighted by atomic mass is 35.5. The van der Waals surface area contributed by atoms with Crippen molar-refractivity contribution in [3.05, 3.63) is 33.8 Å². The van der Waals surface area contributed by atoms with E-state index in [1.54, 1.807) is 23.1 Å². The largest absolute Gasteiger partial charge is 0.481 e. The van der Waals surface area contributed by atoms with Crippen molar-refractivity contribution in [1.82, 2.24) is 4.90 Å². The summed E-state index contributed by atoms with van der Waals surface area (Å²) in [5.41, 5.74) is 0.600. The quantitative estimate of drug-likeness (QED) is 0.917. The summed E-state index contributed by atoms with van der Waals surface area (Å²) in [5, 5.41) is 10.1. The van der Waals surface area contributed by atoms with Crippen LogP contribution in [0.15, 0.2) is 18.2 Å². The van der Waals surface area contributed by atoms with E-state index < -0.39 is 17.9 Å². The van der Waals surface area contributed by atoms with Gasteiger partial charge in [-0.05, 0) is 17.5 Å². The minimum absolute atomic E-state index is 0.00440. The van der Waals surface area contributed by atoms with Crippen molar-refractivity contribution in [2.75, 3.05) is 6.54 Å². The average Bonchev–Trinajstić information content (AvgIpc) is 2.70. The standard InChI is InChI=1S/C15H17Cl2NO3/c1-8(2)7-18-12(19)6-10(15(20)21)14(18)9-4-3-5-11(16)13(9)17/h3-5,8,10,14H,6-7H2,1-2H3,(H,20,21). The molecule has 2 unspecified atom stereocenters. The summed E-state index contributed by atoms with van der Waals surface area (Å²) in [6.45, 7) is 4.46. The molecule has 1 aromatic rings. The van der Waals surface area contributed by atoms with Crippen LogP contribution in [0.1, 0.15) is 31.9 Å². The third-order valence-corrected chi connectivity index (χ3v) is 4.44. The van der Waals surface area contributed by atoms with Gasteiger partial charge >= 0.3 is 5.97 Å². The van der Waals surface area contributed by atoms with E-state index in [2.05, 4.69) is 0 Å². The number of benzene rings is 1. The van der Waals surface area contributed by atoms with Crippen molar-refractivity contribution >= 4 is 35.1 Å². The zero-order valence-electron chi connectivity index (χ0n) is 11.8. The summed E-state index contributed by atoms with van der Waals surface area (Å²) >= 11 is 12.3. The molecule has 1 heterocycles. The molecule has 6 heteroatoms. The summed E-state index contributed by atoms with van der Waals surface area (Å²) in [6, 6.07) is 4.54. The van der Waals surface area contributed by atoms with Crippen molar-refractivity contribution in [3.8, 4) is 0 Å². The van der Waals surface area contributed by atoms with E-state index in [1.165, 1.54) is 0 Å². The Balaban J connectivity index is 2.49. The van der Waals surface area contributed by atoms with Crippen LogP contribution in [0.3, 0.4) is 0 Å². The second kappa shape index (κ2) is 6.24. The van der Waals surface area contributed by atoms with E-state index in [-0.39, 0.29) is 18.2 Å². The Hall–Kier alpha value is -1.26. The Labute approximate surface area is 133 Å². The molecule has 1 fully saturated rings. The molecule has 0 bridgehead atoms. The SMILES string of the molecule is CC(C)CN1C(=O)CC(C(=O)O)C1c1cccc(Cl)c1Cl. The highest BCUT2D eigenvalue weighted by molar-refractivity contribution is 6.42. The van der Waals surface area contributed by atoms with Crippen LogP contribution in [0, 0.1) is 11.8 Å². The highest BCUT2D eigenvalue weighted by Gasteiger charge is 2.45. The first-order valence-electron chi connectivity index (χ1n) is 6.79. The lowest BCUT2D eigenvalue weighted by molar-refractivity contribution is -0.142. The van der Waals surface area contributed by atoms with Crippen LogP contribution in [0.25, 0.3) is 0 Å². The fraction of sp³-hybridized carbons (Fsp3) is 0.467. The van der Waals surface area contributed by atoms with Crippen molar-refractivity contribution in [3.63, 3.8) is 0 Å². The monoisotopic (exact) mass is 329 g/mol. The van der Waals surface area contributed by atoms with Crippen LogP contribution in [0.2, 0.25) is 10.0 Å². The maximum atomic E-state index is 12.2. The minimum atomic E-state index is -0.990. The molecule has 0 saturated carbocycles. The molecule has 2 atom stereocenters. The van der Waals surface area contributed by atoms with Gasteiger partial charge in [-0.15, -0.1) is 0 Å². The van der Waals surface area contributed by atoms with Gasteiger partial charge < -0.3 is 10.0 Å². The third-order valence-electron chi connectivity index (χ3n) is 3.61. The average molecular weight is 330 g/mol. The lowest BCUT2D eigenvalue weighted by atomic mass is 9.93. The van der Waals surface area contributed by atoms with Crippen LogP contribution >= 0.6 is 23.2 Å². The summed E-state index contributed by atoms with van der Waals surface area (Å²) in [4.78, 5) is 25.3. The van der Waals surface area contributed by atoms with Crippen LogP contribution in [0.4, 0.5) is 0 Å². The van der Waals surface area contributed by atoms with Gasteiger partial charge in [0.25, 0.3) is 0 Å². The Bertz CT molecular complexity index is 574. The van der Waals surface area contributed by atoms with E-state index in [4.69, 9.17) is 23.2 Å². The number of likely N-dealkylation sites (tertiary alicyclic amines) is 1. The molecule has 0 spiro atoms. The molecule has 1 aliphatic rings. The summed E-state index contributed by atoms with van der Waals surface area (Å²) in [6.07, 6.45) is -0.00440. The van der Waals surface area contributed by atoms with Gasteiger partial charge in [-0.25, -0.2) is 0 Å². The predicted molar refractivity (Wildman–Crippen MR) is 81.5 cm³/mol. The molecule has 0 radical (unpaired) electrons. The molecule has 21 heavy (non-hydrogen) atoms. The predicted octanol–water partition coefficient (Wildman–Crippen LogP) is 3.62. The maximum Gasteiger partial charge on any atom is 0.309 e. The zero-order chi connectivity index (χ0) is 15.7. The van der Waals surface area contributed by atoms with Crippen LogP contribution in [-0.4, -0.2) is 28.4 Å². The number of carboxylic acids is 1. The number of carbonyl (C=O) groups is 2. The number of nitrogens with zero attached hydrogens (tertiary/aromatic N) is 1. The Kier molecular flexibility index (Phi) is 4.79. The number of carbonyl (C=O) groups excluding carboxylic acids is 1. The molecule has 1 N–H and O–H groups in total. The maximum absolute atomic E-state index is 12.2. The van der Waals surface area contributed by atoms with E-state index >= 15 is 0 Å². The second-order valence-electron chi connectivity index (χ2n) is 5.68. The molecular formula is C15H17Cl2NO3. The first-order valence-corrected chi connectivity index (χ1v) is 7.54. The van der Waals surface area contributed by atoms with Gasteiger partial charge in [0, 0.05) is 13.0 Å².